The minimum atomic E-state index is -2.95. The van der Waals surface area contributed by atoms with Gasteiger partial charge in [0.1, 0.15) is 36.2 Å². The molecule has 0 saturated heterocycles. The summed E-state index contributed by atoms with van der Waals surface area (Å²) in [6.07, 6.45) is 0. The Balaban J connectivity index is 0.000000882. The van der Waals surface area contributed by atoms with Gasteiger partial charge in [0, 0.05) is 33.4 Å². The molecule has 2 rings (SSSR count). The number of hydrogen-bond acceptors (Lipinski definition) is 10. The van der Waals surface area contributed by atoms with E-state index in [1.807, 2.05) is 96.9 Å². The van der Waals surface area contributed by atoms with Gasteiger partial charge in [0.15, 0.2) is 0 Å². The van der Waals surface area contributed by atoms with E-state index >= 15 is 0 Å². The van der Waals surface area contributed by atoms with E-state index in [1.54, 1.807) is 12.1 Å². The van der Waals surface area contributed by atoms with Crippen molar-refractivity contribution in [2.24, 2.45) is 0 Å². The predicted octanol–water partition coefficient (Wildman–Crippen LogP) is 7.84. The summed E-state index contributed by atoms with van der Waals surface area (Å²) in [7, 11) is -5.89. The number of hydrogen-bond donors (Lipinski definition) is 2. The SMILES string of the molecule is CCOc1c(CO[P+](=O)[O-])cc(C(C)(C)C)c(O)c1C(C)(C)C.CCOc1c(CO[P+](=O)[O-])cc(C(C)(C)C)c(O)c1C(C)(C)C.[Ni+2]. The van der Waals surface area contributed by atoms with Crippen molar-refractivity contribution in [3.05, 3.63) is 45.5 Å². The predicted molar refractivity (Wildman–Crippen MR) is 178 cm³/mol. The summed E-state index contributed by atoms with van der Waals surface area (Å²) >= 11 is 0. The number of benzene rings is 2. The Morgan fingerprint density at radius 2 is 0.872 bits per heavy atom. The van der Waals surface area contributed by atoms with Gasteiger partial charge in [-0.2, -0.15) is 0 Å². The maximum Gasteiger partial charge on any atom is 2.00 e. The van der Waals surface area contributed by atoms with Gasteiger partial charge in [0.05, 0.1) is 13.2 Å². The number of phenols is 2. The Labute approximate surface area is 293 Å². The number of aromatic hydroxyl groups is 2. The topological polar surface area (TPSA) is 158 Å². The minimum Gasteiger partial charge on any atom is -0.566 e. The standard InChI is InChI=1S/2C17H27O5P.Ni/c2*1-8-21-15-11(10-22-23(19)20)9-12(16(2,3)4)14(18)13(15)17(5,6)7;/h2*9,18H,8,10H2,1-7H3;/q;;+2. The fraction of sp³-hybridized carbons (Fsp3) is 0.647. The van der Waals surface area contributed by atoms with Crippen molar-refractivity contribution in [3.8, 4) is 23.0 Å². The fourth-order valence-electron chi connectivity index (χ4n) is 5.03. The third kappa shape index (κ3) is 12.9. The molecule has 47 heavy (non-hydrogen) atoms. The molecule has 2 N–H and O–H groups in total. The van der Waals surface area contributed by atoms with Crippen molar-refractivity contribution in [2.75, 3.05) is 13.2 Å². The Bertz CT molecular complexity index is 1280. The minimum absolute atomic E-state index is 0. The first kappa shape index (κ1) is 45.2. The first-order chi connectivity index (χ1) is 20.8. The van der Waals surface area contributed by atoms with E-state index in [-0.39, 0.29) is 62.9 Å². The molecule has 0 fully saturated rings. The zero-order valence-corrected chi connectivity index (χ0v) is 33.1. The molecular weight excluding hydrogens is 689 g/mol. The van der Waals surface area contributed by atoms with Gasteiger partial charge in [-0.05, 0) is 56.8 Å². The Kier molecular flexibility index (Phi) is 17.0. The van der Waals surface area contributed by atoms with Crippen molar-refractivity contribution >= 4 is 16.5 Å². The molecular formula is C34H54NiO10P2+2. The van der Waals surface area contributed by atoms with Gasteiger partial charge < -0.3 is 29.5 Å². The monoisotopic (exact) mass is 742 g/mol. The van der Waals surface area contributed by atoms with Crippen LogP contribution < -0.4 is 19.3 Å². The van der Waals surface area contributed by atoms with Crippen LogP contribution in [-0.2, 0) is 69.5 Å². The normalized spacial score (nSPS) is 12.9. The molecule has 0 bridgehead atoms. The summed E-state index contributed by atoms with van der Waals surface area (Å²) in [5, 5.41) is 21.7. The maximum atomic E-state index is 10.8. The van der Waals surface area contributed by atoms with Crippen molar-refractivity contribution in [2.45, 2.75) is 132 Å². The molecule has 2 aromatic carbocycles. The maximum absolute atomic E-state index is 10.8. The Morgan fingerprint density at radius 1 is 0.596 bits per heavy atom. The smallest absolute Gasteiger partial charge is 0.566 e. The third-order valence-electron chi connectivity index (χ3n) is 7.00. The van der Waals surface area contributed by atoms with Crippen LogP contribution in [0.1, 0.15) is 130 Å². The Hall–Kier alpha value is -1.83. The van der Waals surface area contributed by atoms with E-state index in [2.05, 4.69) is 0 Å². The number of ether oxygens (including phenoxy) is 2. The van der Waals surface area contributed by atoms with Crippen LogP contribution in [0.25, 0.3) is 0 Å². The molecule has 2 unspecified atom stereocenters. The molecule has 0 heterocycles. The first-order valence-corrected chi connectivity index (χ1v) is 17.6. The molecule has 0 saturated carbocycles. The van der Waals surface area contributed by atoms with Crippen molar-refractivity contribution in [1.29, 1.82) is 0 Å². The molecule has 10 nitrogen and oxygen atoms in total. The summed E-state index contributed by atoms with van der Waals surface area (Å²) in [5.74, 6) is 1.40. The molecule has 2 atom stereocenters. The second-order valence-corrected chi connectivity index (χ2v) is 16.5. The van der Waals surface area contributed by atoms with E-state index in [0.29, 0.717) is 47.0 Å². The summed E-state index contributed by atoms with van der Waals surface area (Å²) in [6.45, 7) is 28.1. The van der Waals surface area contributed by atoms with E-state index in [0.717, 1.165) is 11.1 Å². The molecule has 0 radical (unpaired) electrons. The van der Waals surface area contributed by atoms with Crippen LogP contribution in [0.5, 0.6) is 23.0 Å². The second-order valence-electron chi connectivity index (χ2n) is 15.1. The van der Waals surface area contributed by atoms with Crippen LogP contribution in [0, 0.1) is 0 Å². The molecule has 0 aliphatic carbocycles. The van der Waals surface area contributed by atoms with Gasteiger partial charge >= 0.3 is 33.0 Å². The van der Waals surface area contributed by atoms with Gasteiger partial charge in [-0.3, -0.25) is 0 Å². The fourth-order valence-corrected chi connectivity index (χ4v) is 5.52. The first-order valence-electron chi connectivity index (χ1n) is 15.4. The molecule has 0 aliphatic rings. The van der Waals surface area contributed by atoms with Crippen LogP contribution in [0.15, 0.2) is 12.1 Å². The average Bonchev–Trinajstić information content (AvgIpc) is 2.85. The number of rotatable bonds is 10. The van der Waals surface area contributed by atoms with Gasteiger partial charge in [-0.15, -0.1) is 9.05 Å². The summed E-state index contributed by atoms with van der Waals surface area (Å²) in [5.41, 5.74) is 2.73. The Morgan fingerprint density at radius 3 is 1.06 bits per heavy atom. The zero-order valence-electron chi connectivity index (χ0n) is 30.4. The number of phenolic OH excluding ortho intramolecular Hbond substituents is 2. The van der Waals surface area contributed by atoms with Crippen LogP contribution in [0.2, 0.25) is 0 Å². The third-order valence-corrected chi connectivity index (χ3v) is 7.68. The van der Waals surface area contributed by atoms with E-state index < -0.39 is 16.5 Å². The van der Waals surface area contributed by atoms with Gasteiger partial charge in [0.25, 0.3) is 0 Å². The van der Waals surface area contributed by atoms with Crippen molar-refractivity contribution < 1.29 is 64.1 Å². The summed E-state index contributed by atoms with van der Waals surface area (Å²) in [6, 6.07) is 3.54. The summed E-state index contributed by atoms with van der Waals surface area (Å²) in [4.78, 5) is 21.6. The van der Waals surface area contributed by atoms with Gasteiger partial charge in [0.2, 0.25) is 0 Å². The van der Waals surface area contributed by atoms with Gasteiger partial charge in [-0.1, -0.05) is 83.1 Å². The molecule has 0 aliphatic heterocycles. The average molecular weight is 743 g/mol. The van der Waals surface area contributed by atoms with Crippen LogP contribution >= 0.6 is 16.5 Å². The molecule has 0 spiro atoms. The molecule has 13 heteroatoms. The molecule has 0 amide bonds. The van der Waals surface area contributed by atoms with Crippen LogP contribution in [0.4, 0.5) is 0 Å². The van der Waals surface area contributed by atoms with E-state index in [1.165, 1.54) is 0 Å². The summed E-state index contributed by atoms with van der Waals surface area (Å²) < 4.78 is 42.6. The zero-order chi connectivity index (χ0) is 36.0. The van der Waals surface area contributed by atoms with Crippen LogP contribution in [0.3, 0.4) is 0 Å². The van der Waals surface area contributed by atoms with Gasteiger partial charge in [-0.25, -0.2) is 0 Å². The quantitative estimate of drug-likeness (QED) is 0.182. The largest absolute Gasteiger partial charge is 2.00 e. The molecule has 2 aromatic rings. The molecule has 268 valence electrons. The van der Waals surface area contributed by atoms with E-state index in [4.69, 9.17) is 18.5 Å². The second kappa shape index (κ2) is 17.7. The molecule has 0 aromatic heterocycles. The van der Waals surface area contributed by atoms with E-state index in [9.17, 15) is 29.1 Å². The van der Waals surface area contributed by atoms with Crippen LogP contribution in [-0.4, -0.2) is 23.4 Å². The van der Waals surface area contributed by atoms with Crippen molar-refractivity contribution in [3.63, 3.8) is 0 Å². The van der Waals surface area contributed by atoms with Crippen molar-refractivity contribution in [1.82, 2.24) is 0 Å².